The Morgan fingerprint density at radius 1 is 1.22 bits per heavy atom. The Balaban J connectivity index is 1.72. The van der Waals surface area contributed by atoms with Gasteiger partial charge in [-0.2, -0.15) is 0 Å². The summed E-state index contributed by atoms with van der Waals surface area (Å²) in [6, 6.07) is 7.57. The zero-order valence-corrected chi connectivity index (χ0v) is 11.7. The Labute approximate surface area is 114 Å². The number of nitrogens with zero attached hydrogens (tertiary/aromatic N) is 1. The topological polar surface area (TPSA) is 15.3 Å². The van der Waals surface area contributed by atoms with Crippen molar-refractivity contribution in [1.82, 2.24) is 4.90 Å². The first-order chi connectivity index (χ1) is 8.74. The summed E-state index contributed by atoms with van der Waals surface area (Å²) in [7, 11) is 0. The van der Waals surface area contributed by atoms with Crippen LogP contribution in [0.25, 0.3) is 0 Å². The molecule has 2 aliphatic rings. The number of anilines is 1. The Hall–Kier alpha value is -0.730. The number of aryl methyl sites for hydroxylation is 1. The van der Waals surface area contributed by atoms with Crippen LogP contribution < -0.4 is 5.32 Å². The zero-order valence-electron chi connectivity index (χ0n) is 11.0. The van der Waals surface area contributed by atoms with Crippen LogP contribution in [0.2, 0.25) is 5.02 Å². The van der Waals surface area contributed by atoms with Gasteiger partial charge < -0.3 is 5.32 Å². The average Bonchev–Trinajstić information content (AvgIpc) is 2.76. The lowest BCUT2D eigenvalue weighted by Gasteiger charge is -2.33. The SMILES string of the molecule is Cc1ccc(NC2CCN3CCCCC23)c(Cl)c1. The molecule has 0 saturated carbocycles. The maximum absolute atomic E-state index is 6.31. The van der Waals surface area contributed by atoms with Gasteiger partial charge in [0.1, 0.15) is 0 Å². The van der Waals surface area contributed by atoms with Gasteiger partial charge in [-0.1, -0.05) is 24.1 Å². The van der Waals surface area contributed by atoms with Gasteiger partial charge in [0.15, 0.2) is 0 Å². The molecule has 0 amide bonds. The van der Waals surface area contributed by atoms with Gasteiger partial charge in [0, 0.05) is 18.6 Å². The summed E-state index contributed by atoms with van der Waals surface area (Å²) in [5.74, 6) is 0. The minimum Gasteiger partial charge on any atom is -0.379 e. The van der Waals surface area contributed by atoms with Crippen molar-refractivity contribution >= 4 is 17.3 Å². The number of rotatable bonds is 2. The fourth-order valence-electron chi connectivity index (χ4n) is 3.35. The number of hydrogen-bond donors (Lipinski definition) is 1. The molecule has 0 bridgehead atoms. The van der Waals surface area contributed by atoms with Crippen molar-refractivity contribution in [2.45, 2.75) is 44.7 Å². The zero-order chi connectivity index (χ0) is 12.5. The Morgan fingerprint density at radius 2 is 2.11 bits per heavy atom. The molecule has 2 aliphatic heterocycles. The predicted octanol–water partition coefficient (Wildman–Crippen LogP) is 3.69. The second kappa shape index (κ2) is 5.10. The second-order valence-electron chi connectivity index (χ2n) is 5.62. The molecule has 18 heavy (non-hydrogen) atoms. The quantitative estimate of drug-likeness (QED) is 0.877. The van der Waals surface area contributed by atoms with Crippen LogP contribution in [0.1, 0.15) is 31.2 Å². The summed E-state index contributed by atoms with van der Waals surface area (Å²) >= 11 is 6.31. The molecule has 2 atom stereocenters. The maximum Gasteiger partial charge on any atom is 0.0640 e. The maximum atomic E-state index is 6.31. The van der Waals surface area contributed by atoms with Crippen molar-refractivity contribution in [3.8, 4) is 0 Å². The molecule has 1 N–H and O–H groups in total. The highest BCUT2D eigenvalue weighted by molar-refractivity contribution is 6.33. The van der Waals surface area contributed by atoms with E-state index in [2.05, 4.69) is 29.3 Å². The first kappa shape index (κ1) is 12.3. The van der Waals surface area contributed by atoms with E-state index in [4.69, 9.17) is 11.6 Å². The molecule has 2 saturated heterocycles. The molecule has 2 heterocycles. The van der Waals surface area contributed by atoms with Crippen LogP contribution in [0, 0.1) is 6.92 Å². The van der Waals surface area contributed by atoms with Crippen LogP contribution in [-0.2, 0) is 0 Å². The highest BCUT2D eigenvalue weighted by Crippen LogP contribution is 2.31. The van der Waals surface area contributed by atoms with Gasteiger partial charge in [-0.25, -0.2) is 0 Å². The van der Waals surface area contributed by atoms with Crippen LogP contribution in [0.3, 0.4) is 0 Å². The molecule has 98 valence electrons. The molecule has 1 aromatic rings. The Kier molecular flexibility index (Phi) is 3.49. The minimum absolute atomic E-state index is 0.575. The fourth-order valence-corrected chi connectivity index (χ4v) is 3.64. The lowest BCUT2D eigenvalue weighted by atomic mass is 9.99. The first-order valence-corrected chi connectivity index (χ1v) is 7.38. The van der Waals surface area contributed by atoms with Gasteiger partial charge in [-0.05, 0) is 50.4 Å². The third kappa shape index (κ3) is 2.36. The van der Waals surface area contributed by atoms with Gasteiger partial charge in [-0.15, -0.1) is 0 Å². The largest absolute Gasteiger partial charge is 0.379 e. The number of nitrogens with one attached hydrogen (secondary N) is 1. The molecule has 0 aliphatic carbocycles. The summed E-state index contributed by atoms with van der Waals surface area (Å²) in [6.45, 7) is 4.60. The van der Waals surface area contributed by atoms with Crippen molar-refractivity contribution in [3.05, 3.63) is 28.8 Å². The summed E-state index contributed by atoms with van der Waals surface area (Å²) in [5, 5.41) is 4.51. The second-order valence-corrected chi connectivity index (χ2v) is 6.03. The van der Waals surface area contributed by atoms with Gasteiger partial charge in [0.2, 0.25) is 0 Å². The molecule has 2 fully saturated rings. The van der Waals surface area contributed by atoms with E-state index in [-0.39, 0.29) is 0 Å². The van der Waals surface area contributed by atoms with Crippen molar-refractivity contribution in [3.63, 3.8) is 0 Å². The highest BCUT2D eigenvalue weighted by Gasteiger charge is 2.35. The van der Waals surface area contributed by atoms with Gasteiger partial charge in [0.05, 0.1) is 10.7 Å². The van der Waals surface area contributed by atoms with Crippen LogP contribution in [0.4, 0.5) is 5.69 Å². The Morgan fingerprint density at radius 3 is 2.94 bits per heavy atom. The van der Waals surface area contributed by atoms with Crippen molar-refractivity contribution in [2.75, 3.05) is 18.4 Å². The van der Waals surface area contributed by atoms with Gasteiger partial charge >= 0.3 is 0 Å². The van der Waals surface area contributed by atoms with Crippen LogP contribution in [0.5, 0.6) is 0 Å². The predicted molar refractivity (Wildman–Crippen MR) is 77.4 cm³/mol. The molecular formula is C15H21ClN2. The fraction of sp³-hybridized carbons (Fsp3) is 0.600. The molecule has 1 aromatic carbocycles. The monoisotopic (exact) mass is 264 g/mol. The van der Waals surface area contributed by atoms with Crippen molar-refractivity contribution in [1.29, 1.82) is 0 Å². The van der Waals surface area contributed by atoms with E-state index >= 15 is 0 Å². The summed E-state index contributed by atoms with van der Waals surface area (Å²) in [5.41, 5.74) is 2.32. The Bertz CT molecular complexity index is 433. The van der Waals surface area contributed by atoms with Crippen molar-refractivity contribution < 1.29 is 0 Å². The number of piperidine rings is 1. The lowest BCUT2D eigenvalue weighted by Crippen LogP contribution is -2.41. The van der Waals surface area contributed by atoms with Crippen molar-refractivity contribution in [2.24, 2.45) is 0 Å². The molecule has 0 aromatic heterocycles. The third-order valence-corrected chi connectivity index (χ3v) is 4.63. The van der Waals surface area contributed by atoms with Crippen LogP contribution in [0.15, 0.2) is 18.2 Å². The number of benzene rings is 1. The summed E-state index contributed by atoms with van der Waals surface area (Å²) in [4.78, 5) is 2.64. The third-order valence-electron chi connectivity index (χ3n) is 4.32. The minimum atomic E-state index is 0.575. The van der Waals surface area contributed by atoms with E-state index in [1.807, 2.05) is 6.07 Å². The van der Waals surface area contributed by atoms with E-state index in [9.17, 15) is 0 Å². The molecule has 0 spiro atoms. The van der Waals surface area contributed by atoms with Crippen LogP contribution >= 0.6 is 11.6 Å². The standard InChI is InChI=1S/C15H21ClN2/c1-11-5-6-13(12(16)10-11)17-14-7-9-18-8-3-2-4-15(14)18/h5-6,10,14-15,17H,2-4,7-9H2,1H3. The van der Waals surface area contributed by atoms with Gasteiger partial charge in [-0.3, -0.25) is 4.90 Å². The number of fused-ring (bicyclic) bond motifs is 1. The van der Waals surface area contributed by atoms with E-state index in [1.54, 1.807) is 0 Å². The molecule has 3 heteroatoms. The normalized spacial score (nSPS) is 28.1. The average molecular weight is 265 g/mol. The molecule has 3 rings (SSSR count). The summed E-state index contributed by atoms with van der Waals surface area (Å²) in [6.07, 6.45) is 5.32. The first-order valence-electron chi connectivity index (χ1n) is 7.01. The van der Waals surface area contributed by atoms with E-state index in [1.165, 1.54) is 44.3 Å². The van der Waals surface area contributed by atoms with E-state index < -0.39 is 0 Å². The lowest BCUT2D eigenvalue weighted by molar-refractivity contribution is 0.193. The van der Waals surface area contributed by atoms with E-state index in [0.29, 0.717) is 6.04 Å². The number of halogens is 1. The highest BCUT2D eigenvalue weighted by atomic mass is 35.5. The molecule has 2 unspecified atom stereocenters. The number of hydrogen-bond acceptors (Lipinski definition) is 2. The molecule has 2 nitrogen and oxygen atoms in total. The van der Waals surface area contributed by atoms with Crippen LogP contribution in [-0.4, -0.2) is 30.1 Å². The molecule has 0 radical (unpaired) electrons. The van der Waals surface area contributed by atoms with E-state index in [0.717, 1.165) is 16.8 Å². The molecular weight excluding hydrogens is 244 g/mol. The smallest absolute Gasteiger partial charge is 0.0640 e. The van der Waals surface area contributed by atoms with Gasteiger partial charge in [0.25, 0.3) is 0 Å². The summed E-state index contributed by atoms with van der Waals surface area (Å²) < 4.78 is 0.